The van der Waals surface area contributed by atoms with Crippen molar-refractivity contribution in [1.29, 1.82) is 0 Å². The first-order chi connectivity index (χ1) is 11.9. The molecule has 0 aromatic heterocycles. The van der Waals surface area contributed by atoms with Gasteiger partial charge in [0.1, 0.15) is 0 Å². The van der Waals surface area contributed by atoms with E-state index < -0.39 is 17.8 Å². The van der Waals surface area contributed by atoms with Crippen LogP contribution in [-0.2, 0) is 17.5 Å². The molecule has 0 unspecified atom stereocenters. The third kappa shape index (κ3) is 6.52. The van der Waals surface area contributed by atoms with Gasteiger partial charge in [0.25, 0.3) is 0 Å². The van der Waals surface area contributed by atoms with E-state index in [0.29, 0.717) is 6.54 Å². The van der Waals surface area contributed by atoms with E-state index in [0.717, 1.165) is 45.3 Å². The number of carbonyl (C=O) groups is 1. The van der Waals surface area contributed by atoms with Crippen LogP contribution in [-0.4, -0.2) is 50.3 Å². The quantitative estimate of drug-likeness (QED) is 0.650. The molecule has 2 rings (SSSR count). The summed E-state index contributed by atoms with van der Waals surface area (Å²) < 4.78 is 44.8. The number of alkyl halides is 3. The van der Waals surface area contributed by atoms with Crippen molar-refractivity contribution in [3.63, 3.8) is 0 Å². The van der Waals surface area contributed by atoms with Crippen LogP contribution in [0.4, 0.5) is 23.7 Å². The van der Waals surface area contributed by atoms with Crippen LogP contribution in [0.15, 0.2) is 18.2 Å². The number of hydrogen-bond donors (Lipinski definition) is 3. The molecule has 0 aliphatic carbocycles. The van der Waals surface area contributed by atoms with Gasteiger partial charge in [0, 0.05) is 25.3 Å². The number of amides is 2. The molecule has 1 aromatic rings. The number of primary amides is 1. The molecule has 9 heteroatoms. The van der Waals surface area contributed by atoms with Gasteiger partial charge in [0.15, 0.2) is 0 Å². The average Bonchev–Trinajstić information content (AvgIpc) is 2.55. The Morgan fingerprint density at radius 3 is 2.64 bits per heavy atom. The number of nitrogens with zero attached hydrogens (tertiary/aromatic N) is 1. The maximum atomic E-state index is 13.2. The molecule has 0 bridgehead atoms. The first-order valence-corrected chi connectivity index (χ1v) is 8.13. The topological polar surface area (TPSA) is 79.6 Å². The van der Waals surface area contributed by atoms with E-state index in [-0.39, 0.29) is 17.8 Å². The summed E-state index contributed by atoms with van der Waals surface area (Å²) in [6, 6.07) is 2.76. The van der Waals surface area contributed by atoms with Gasteiger partial charge in [0.05, 0.1) is 18.8 Å². The minimum atomic E-state index is -4.50. The van der Waals surface area contributed by atoms with Crippen LogP contribution in [0, 0.1) is 0 Å². The summed E-state index contributed by atoms with van der Waals surface area (Å²) in [6.45, 7) is 4.87. The summed E-state index contributed by atoms with van der Waals surface area (Å²) in [5.41, 5.74) is 4.32. The fraction of sp³-hybridized carbons (Fsp3) is 0.562. The molecular formula is C16H23F3N4O2. The molecule has 25 heavy (non-hydrogen) atoms. The Kier molecular flexibility index (Phi) is 7.03. The smallest absolute Gasteiger partial charge is 0.379 e. The van der Waals surface area contributed by atoms with Gasteiger partial charge in [-0.1, -0.05) is 6.07 Å². The molecule has 1 heterocycles. The third-order valence-electron chi connectivity index (χ3n) is 3.93. The predicted molar refractivity (Wildman–Crippen MR) is 88.2 cm³/mol. The zero-order valence-electron chi connectivity index (χ0n) is 13.9. The summed E-state index contributed by atoms with van der Waals surface area (Å²) in [6.07, 6.45) is -3.65. The van der Waals surface area contributed by atoms with Crippen molar-refractivity contribution in [2.24, 2.45) is 5.73 Å². The van der Waals surface area contributed by atoms with Crippen molar-refractivity contribution in [3.8, 4) is 0 Å². The number of nitrogens with one attached hydrogen (secondary N) is 2. The lowest BCUT2D eigenvalue weighted by Crippen LogP contribution is -2.37. The highest BCUT2D eigenvalue weighted by Crippen LogP contribution is 2.33. The number of hydrogen-bond acceptors (Lipinski definition) is 4. The van der Waals surface area contributed by atoms with Crippen molar-refractivity contribution >= 4 is 11.7 Å². The van der Waals surface area contributed by atoms with Crippen LogP contribution in [0.2, 0.25) is 0 Å². The third-order valence-corrected chi connectivity index (χ3v) is 3.93. The van der Waals surface area contributed by atoms with E-state index in [4.69, 9.17) is 10.5 Å². The Morgan fingerprint density at radius 1 is 1.28 bits per heavy atom. The number of halogens is 3. The molecule has 1 aromatic carbocycles. The molecule has 140 valence electrons. The molecule has 1 fully saturated rings. The summed E-state index contributed by atoms with van der Waals surface area (Å²) >= 11 is 0. The molecule has 0 spiro atoms. The van der Waals surface area contributed by atoms with Crippen molar-refractivity contribution in [1.82, 2.24) is 10.2 Å². The highest BCUT2D eigenvalue weighted by molar-refractivity contribution is 5.87. The lowest BCUT2D eigenvalue weighted by Gasteiger charge is -2.26. The molecule has 6 nitrogen and oxygen atoms in total. The molecule has 0 atom stereocenters. The molecule has 0 saturated carbocycles. The number of benzene rings is 1. The number of anilines is 1. The number of carbonyl (C=O) groups excluding carboxylic acids is 1. The highest BCUT2D eigenvalue weighted by Gasteiger charge is 2.33. The SMILES string of the molecule is NC(=O)Nc1ccc(CNCCCN2CCOCC2)c(C(F)(F)F)c1. The maximum Gasteiger partial charge on any atom is 0.416 e. The molecule has 4 N–H and O–H groups in total. The van der Waals surface area contributed by atoms with E-state index in [1.165, 1.54) is 12.1 Å². The van der Waals surface area contributed by atoms with Crippen LogP contribution >= 0.6 is 0 Å². The van der Waals surface area contributed by atoms with Crippen molar-refractivity contribution in [2.45, 2.75) is 19.1 Å². The molecule has 2 amide bonds. The van der Waals surface area contributed by atoms with Crippen LogP contribution in [0.25, 0.3) is 0 Å². The first-order valence-electron chi connectivity index (χ1n) is 8.13. The second-order valence-corrected chi connectivity index (χ2v) is 5.84. The Labute approximate surface area is 144 Å². The predicted octanol–water partition coefficient (Wildman–Crippen LogP) is 2.01. The Hall–Kier alpha value is -1.84. The minimum absolute atomic E-state index is 0.0240. The number of morpholine rings is 1. The zero-order valence-corrected chi connectivity index (χ0v) is 13.9. The second kappa shape index (κ2) is 9.02. The van der Waals surface area contributed by atoms with Gasteiger partial charge in [-0.05, 0) is 37.2 Å². The monoisotopic (exact) mass is 360 g/mol. The summed E-state index contributed by atoms with van der Waals surface area (Å²) in [7, 11) is 0. The van der Waals surface area contributed by atoms with Gasteiger partial charge in [-0.3, -0.25) is 4.90 Å². The first kappa shape index (κ1) is 19.5. The van der Waals surface area contributed by atoms with Crippen molar-refractivity contribution in [3.05, 3.63) is 29.3 Å². The highest BCUT2D eigenvalue weighted by atomic mass is 19.4. The van der Waals surface area contributed by atoms with Gasteiger partial charge in [-0.15, -0.1) is 0 Å². The Balaban J connectivity index is 1.86. The van der Waals surface area contributed by atoms with Crippen LogP contribution < -0.4 is 16.4 Å². The average molecular weight is 360 g/mol. The van der Waals surface area contributed by atoms with Crippen molar-refractivity contribution in [2.75, 3.05) is 44.7 Å². The van der Waals surface area contributed by atoms with Gasteiger partial charge < -0.3 is 21.1 Å². The van der Waals surface area contributed by atoms with Gasteiger partial charge in [0.2, 0.25) is 0 Å². The second-order valence-electron chi connectivity index (χ2n) is 5.84. The Morgan fingerprint density at radius 2 is 2.00 bits per heavy atom. The lowest BCUT2D eigenvalue weighted by atomic mass is 10.1. The number of ether oxygens (including phenoxy) is 1. The summed E-state index contributed by atoms with van der Waals surface area (Å²) in [5, 5.41) is 5.20. The van der Waals surface area contributed by atoms with Crippen molar-refractivity contribution < 1.29 is 22.7 Å². The van der Waals surface area contributed by atoms with Gasteiger partial charge in [-0.2, -0.15) is 13.2 Å². The lowest BCUT2D eigenvalue weighted by molar-refractivity contribution is -0.138. The number of rotatable bonds is 7. The molecule has 1 aliphatic rings. The Bertz CT molecular complexity index is 575. The largest absolute Gasteiger partial charge is 0.416 e. The molecule has 1 saturated heterocycles. The summed E-state index contributed by atoms with van der Waals surface area (Å²) in [4.78, 5) is 13.1. The van der Waals surface area contributed by atoms with E-state index in [9.17, 15) is 18.0 Å². The maximum absolute atomic E-state index is 13.2. The number of nitrogens with two attached hydrogens (primary N) is 1. The number of urea groups is 1. The van der Waals surface area contributed by atoms with E-state index in [1.807, 2.05) is 0 Å². The van der Waals surface area contributed by atoms with E-state index in [1.54, 1.807) is 0 Å². The van der Waals surface area contributed by atoms with Crippen LogP contribution in [0.3, 0.4) is 0 Å². The molecule has 1 aliphatic heterocycles. The standard InChI is InChI=1S/C16H23F3N4O2/c17-16(18,19)14-10-13(22-15(20)24)3-2-12(14)11-21-4-1-5-23-6-8-25-9-7-23/h2-3,10,21H,1,4-9,11H2,(H3,20,22,24). The molecule has 0 radical (unpaired) electrons. The fourth-order valence-electron chi connectivity index (χ4n) is 2.69. The molecular weight excluding hydrogens is 337 g/mol. The van der Waals surface area contributed by atoms with E-state index >= 15 is 0 Å². The normalized spacial score (nSPS) is 16.0. The fourth-order valence-corrected chi connectivity index (χ4v) is 2.69. The van der Waals surface area contributed by atoms with Crippen LogP contribution in [0.5, 0.6) is 0 Å². The zero-order chi connectivity index (χ0) is 18.3. The minimum Gasteiger partial charge on any atom is -0.379 e. The summed E-state index contributed by atoms with van der Waals surface area (Å²) in [5.74, 6) is 0. The van der Waals surface area contributed by atoms with Gasteiger partial charge in [-0.25, -0.2) is 4.79 Å². The van der Waals surface area contributed by atoms with E-state index in [2.05, 4.69) is 15.5 Å². The van der Waals surface area contributed by atoms with Crippen LogP contribution in [0.1, 0.15) is 17.5 Å². The van der Waals surface area contributed by atoms with Gasteiger partial charge >= 0.3 is 12.2 Å².